The molecular formula is C20H26N2O2. The van der Waals surface area contributed by atoms with Crippen LogP contribution < -0.4 is 5.32 Å². The molecule has 3 aliphatic rings. The standard InChI is InChI=1S/C20H26N2O2/c1-13(23)22-11-10-14-4-2-3-5-17(14)18(22)12-19(24)21-20(15-6-7-15)16-8-9-16/h2-5,15-16,18,20H,6-12H2,1H3,(H,21,24). The molecule has 1 aromatic rings. The Morgan fingerprint density at radius 3 is 2.46 bits per heavy atom. The number of nitrogens with one attached hydrogen (secondary N) is 1. The van der Waals surface area contributed by atoms with E-state index in [-0.39, 0.29) is 17.9 Å². The van der Waals surface area contributed by atoms with E-state index >= 15 is 0 Å². The highest BCUT2D eigenvalue weighted by Crippen LogP contribution is 2.44. The monoisotopic (exact) mass is 326 g/mol. The Labute approximate surface area is 143 Å². The smallest absolute Gasteiger partial charge is 0.222 e. The van der Waals surface area contributed by atoms with Crippen molar-refractivity contribution in [2.45, 2.75) is 57.5 Å². The first-order valence-electron chi connectivity index (χ1n) is 9.28. The van der Waals surface area contributed by atoms with Gasteiger partial charge < -0.3 is 10.2 Å². The number of fused-ring (bicyclic) bond motifs is 1. The summed E-state index contributed by atoms with van der Waals surface area (Å²) in [7, 11) is 0. The lowest BCUT2D eigenvalue weighted by atomic mass is 9.90. The van der Waals surface area contributed by atoms with E-state index in [1.165, 1.54) is 31.2 Å². The maximum atomic E-state index is 12.7. The zero-order valence-electron chi connectivity index (χ0n) is 14.3. The van der Waals surface area contributed by atoms with Crippen molar-refractivity contribution in [3.05, 3.63) is 35.4 Å². The fourth-order valence-corrected chi connectivity index (χ4v) is 4.20. The van der Waals surface area contributed by atoms with Crippen LogP contribution in [0.3, 0.4) is 0 Å². The predicted molar refractivity (Wildman–Crippen MR) is 92.3 cm³/mol. The third-order valence-corrected chi connectivity index (χ3v) is 5.78. The summed E-state index contributed by atoms with van der Waals surface area (Å²) < 4.78 is 0. The van der Waals surface area contributed by atoms with Gasteiger partial charge in [0.1, 0.15) is 0 Å². The summed E-state index contributed by atoms with van der Waals surface area (Å²) >= 11 is 0. The molecule has 0 aromatic heterocycles. The van der Waals surface area contributed by atoms with Crippen LogP contribution in [0.1, 0.15) is 56.2 Å². The Kier molecular flexibility index (Phi) is 4.07. The van der Waals surface area contributed by atoms with Gasteiger partial charge in [-0.3, -0.25) is 9.59 Å². The molecule has 2 fully saturated rings. The van der Waals surface area contributed by atoms with E-state index in [0.29, 0.717) is 30.8 Å². The van der Waals surface area contributed by atoms with E-state index in [0.717, 1.165) is 12.0 Å². The fraction of sp³-hybridized carbons (Fsp3) is 0.600. The molecule has 24 heavy (non-hydrogen) atoms. The molecule has 1 heterocycles. The summed E-state index contributed by atoms with van der Waals surface area (Å²) in [5, 5.41) is 3.30. The maximum Gasteiger partial charge on any atom is 0.222 e. The molecule has 1 atom stereocenters. The predicted octanol–water partition coefficient (Wildman–Crippen LogP) is 2.83. The van der Waals surface area contributed by atoms with Crippen LogP contribution >= 0.6 is 0 Å². The van der Waals surface area contributed by atoms with Gasteiger partial charge in [-0.1, -0.05) is 24.3 Å². The highest BCUT2D eigenvalue weighted by molar-refractivity contribution is 5.80. The molecule has 4 heteroatoms. The third kappa shape index (κ3) is 3.19. The Morgan fingerprint density at radius 2 is 1.83 bits per heavy atom. The second-order valence-electron chi connectivity index (χ2n) is 7.65. The average Bonchev–Trinajstić information content (AvgIpc) is 3.46. The summed E-state index contributed by atoms with van der Waals surface area (Å²) in [5.74, 6) is 1.56. The molecule has 2 aliphatic carbocycles. The fourth-order valence-electron chi connectivity index (χ4n) is 4.20. The lowest BCUT2D eigenvalue weighted by molar-refractivity contribution is -0.133. The summed E-state index contributed by atoms with van der Waals surface area (Å²) in [6.07, 6.45) is 6.29. The number of rotatable bonds is 5. The van der Waals surface area contributed by atoms with E-state index in [4.69, 9.17) is 0 Å². The van der Waals surface area contributed by atoms with Crippen molar-refractivity contribution < 1.29 is 9.59 Å². The number of carbonyl (C=O) groups is 2. The Morgan fingerprint density at radius 1 is 1.17 bits per heavy atom. The van der Waals surface area contributed by atoms with E-state index in [9.17, 15) is 9.59 Å². The van der Waals surface area contributed by atoms with E-state index in [1.54, 1.807) is 6.92 Å². The van der Waals surface area contributed by atoms with Gasteiger partial charge in [0.05, 0.1) is 12.5 Å². The molecule has 0 spiro atoms. The van der Waals surface area contributed by atoms with Gasteiger partial charge in [0.25, 0.3) is 0 Å². The zero-order chi connectivity index (χ0) is 16.7. The topological polar surface area (TPSA) is 49.4 Å². The first-order valence-corrected chi connectivity index (χ1v) is 9.28. The second-order valence-corrected chi connectivity index (χ2v) is 7.65. The van der Waals surface area contributed by atoms with Crippen LogP contribution in [0.25, 0.3) is 0 Å². The van der Waals surface area contributed by atoms with Crippen LogP contribution in [-0.2, 0) is 16.0 Å². The molecule has 0 saturated heterocycles. The van der Waals surface area contributed by atoms with Gasteiger partial charge in [0.2, 0.25) is 11.8 Å². The average molecular weight is 326 g/mol. The quantitative estimate of drug-likeness (QED) is 0.904. The van der Waals surface area contributed by atoms with Crippen LogP contribution in [0.5, 0.6) is 0 Å². The molecule has 128 valence electrons. The van der Waals surface area contributed by atoms with Crippen LogP contribution in [0, 0.1) is 11.8 Å². The normalized spacial score (nSPS) is 23.1. The SMILES string of the molecule is CC(=O)N1CCc2ccccc2C1CC(=O)NC(C1CC1)C1CC1. The minimum Gasteiger partial charge on any atom is -0.353 e. The van der Waals surface area contributed by atoms with Crippen LogP contribution in [0.4, 0.5) is 0 Å². The number of nitrogens with zero attached hydrogens (tertiary/aromatic N) is 1. The molecule has 0 radical (unpaired) electrons. The molecule has 1 aromatic carbocycles. The van der Waals surface area contributed by atoms with Gasteiger partial charge in [-0.05, 0) is 55.1 Å². The summed E-state index contributed by atoms with van der Waals surface area (Å²) in [5.41, 5.74) is 2.41. The summed E-state index contributed by atoms with van der Waals surface area (Å²) in [6, 6.07) is 8.49. The van der Waals surface area contributed by atoms with Crippen molar-refractivity contribution in [3.8, 4) is 0 Å². The van der Waals surface area contributed by atoms with Crippen LogP contribution in [0.2, 0.25) is 0 Å². The summed E-state index contributed by atoms with van der Waals surface area (Å²) in [4.78, 5) is 26.6. The lowest BCUT2D eigenvalue weighted by Crippen LogP contribution is -2.43. The van der Waals surface area contributed by atoms with Gasteiger partial charge in [0, 0.05) is 19.5 Å². The first-order chi connectivity index (χ1) is 11.6. The van der Waals surface area contributed by atoms with Crippen molar-refractivity contribution in [2.75, 3.05) is 6.54 Å². The highest BCUT2D eigenvalue weighted by atomic mass is 16.2. The highest BCUT2D eigenvalue weighted by Gasteiger charge is 2.42. The van der Waals surface area contributed by atoms with E-state index in [1.807, 2.05) is 17.0 Å². The van der Waals surface area contributed by atoms with Gasteiger partial charge >= 0.3 is 0 Å². The minimum atomic E-state index is -0.119. The molecule has 2 amide bonds. The zero-order valence-corrected chi connectivity index (χ0v) is 14.3. The first kappa shape index (κ1) is 15.7. The van der Waals surface area contributed by atoms with Crippen molar-refractivity contribution in [2.24, 2.45) is 11.8 Å². The molecule has 0 bridgehead atoms. The van der Waals surface area contributed by atoms with E-state index < -0.39 is 0 Å². The maximum absolute atomic E-state index is 12.7. The number of carbonyl (C=O) groups excluding carboxylic acids is 2. The van der Waals surface area contributed by atoms with E-state index in [2.05, 4.69) is 17.4 Å². The van der Waals surface area contributed by atoms with Crippen molar-refractivity contribution >= 4 is 11.8 Å². The number of hydrogen-bond donors (Lipinski definition) is 1. The Balaban J connectivity index is 1.49. The van der Waals surface area contributed by atoms with Crippen molar-refractivity contribution in [1.82, 2.24) is 10.2 Å². The third-order valence-electron chi connectivity index (χ3n) is 5.78. The molecule has 1 aliphatic heterocycles. The molecule has 4 rings (SSSR count). The Hall–Kier alpha value is -1.84. The molecular weight excluding hydrogens is 300 g/mol. The van der Waals surface area contributed by atoms with Crippen LogP contribution in [-0.4, -0.2) is 29.3 Å². The lowest BCUT2D eigenvalue weighted by Gasteiger charge is -2.36. The van der Waals surface area contributed by atoms with Crippen molar-refractivity contribution in [3.63, 3.8) is 0 Å². The number of amides is 2. The largest absolute Gasteiger partial charge is 0.353 e. The molecule has 1 unspecified atom stereocenters. The van der Waals surface area contributed by atoms with Gasteiger partial charge in [-0.25, -0.2) is 0 Å². The van der Waals surface area contributed by atoms with Gasteiger partial charge in [-0.15, -0.1) is 0 Å². The summed E-state index contributed by atoms with van der Waals surface area (Å²) in [6.45, 7) is 2.31. The van der Waals surface area contributed by atoms with Crippen molar-refractivity contribution in [1.29, 1.82) is 0 Å². The van der Waals surface area contributed by atoms with Crippen LogP contribution in [0.15, 0.2) is 24.3 Å². The number of benzene rings is 1. The Bertz CT molecular complexity index is 637. The molecule has 2 saturated carbocycles. The second kappa shape index (κ2) is 6.23. The van der Waals surface area contributed by atoms with Gasteiger partial charge in [0.15, 0.2) is 0 Å². The molecule has 1 N–H and O–H groups in total. The van der Waals surface area contributed by atoms with Gasteiger partial charge in [-0.2, -0.15) is 0 Å². The minimum absolute atomic E-state index is 0.0586. The molecule has 4 nitrogen and oxygen atoms in total. The number of hydrogen-bond acceptors (Lipinski definition) is 2.